The smallest absolute Gasteiger partial charge is 0.255 e. The van der Waals surface area contributed by atoms with Crippen LogP contribution in [-0.2, 0) is 6.42 Å². The number of methoxy groups -OCH3 is 1. The second-order valence-corrected chi connectivity index (χ2v) is 8.53. The molecule has 1 heterocycles. The van der Waals surface area contributed by atoms with Crippen LogP contribution in [0.3, 0.4) is 0 Å². The minimum atomic E-state index is -0.189. The second-order valence-electron chi connectivity index (χ2n) is 8.53. The Morgan fingerprint density at radius 2 is 1.69 bits per heavy atom. The Labute approximate surface area is 188 Å². The number of rotatable bonds is 5. The third-order valence-corrected chi connectivity index (χ3v) is 5.45. The standard InChI is InChI=1S/C27H26N2O3/c1-27(2)17-20-11-14-22(32-3)15-23(20)24(29-27)16-25(30)18-9-12-21(13-10-18)28-26(31)19-7-5-4-6-8-19/h4-16,29H,17H2,1-3H3,(H,28,31). The molecule has 5 nitrogen and oxygen atoms in total. The summed E-state index contributed by atoms with van der Waals surface area (Å²) in [5, 5.41) is 6.33. The number of ether oxygens (including phenoxy) is 1. The predicted molar refractivity (Wildman–Crippen MR) is 127 cm³/mol. The van der Waals surface area contributed by atoms with Crippen LogP contribution < -0.4 is 15.4 Å². The van der Waals surface area contributed by atoms with Crippen molar-refractivity contribution in [1.29, 1.82) is 0 Å². The predicted octanol–water partition coefficient (Wildman–Crippen LogP) is 5.10. The first-order valence-electron chi connectivity index (χ1n) is 10.5. The van der Waals surface area contributed by atoms with E-state index in [2.05, 4.69) is 30.5 Å². The molecule has 4 rings (SSSR count). The number of hydrogen-bond acceptors (Lipinski definition) is 4. The Morgan fingerprint density at radius 3 is 2.38 bits per heavy atom. The summed E-state index contributed by atoms with van der Waals surface area (Å²) in [6.45, 7) is 4.23. The van der Waals surface area contributed by atoms with Crippen LogP contribution >= 0.6 is 0 Å². The fourth-order valence-corrected chi connectivity index (χ4v) is 3.88. The lowest BCUT2D eigenvalue weighted by Gasteiger charge is -2.35. The van der Waals surface area contributed by atoms with Crippen LogP contribution in [0, 0.1) is 0 Å². The first-order chi connectivity index (χ1) is 15.3. The third kappa shape index (κ3) is 4.72. The van der Waals surface area contributed by atoms with E-state index in [1.165, 1.54) is 5.56 Å². The molecule has 0 spiro atoms. The van der Waals surface area contributed by atoms with Crippen LogP contribution in [0.4, 0.5) is 5.69 Å². The zero-order chi connectivity index (χ0) is 22.7. The lowest BCUT2D eigenvalue weighted by molar-refractivity contribution is 0.102. The van der Waals surface area contributed by atoms with Gasteiger partial charge in [0, 0.05) is 39.7 Å². The highest BCUT2D eigenvalue weighted by Gasteiger charge is 2.28. The fraction of sp³-hybridized carbons (Fsp3) is 0.185. The van der Waals surface area contributed by atoms with Crippen molar-refractivity contribution in [3.8, 4) is 5.75 Å². The Balaban J connectivity index is 1.55. The molecule has 162 valence electrons. The number of carbonyl (C=O) groups excluding carboxylic acids is 2. The number of carbonyl (C=O) groups is 2. The molecular weight excluding hydrogens is 400 g/mol. The zero-order valence-electron chi connectivity index (χ0n) is 18.4. The number of benzene rings is 3. The Bertz CT molecular complexity index is 1180. The highest BCUT2D eigenvalue weighted by atomic mass is 16.5. The van der Waals surface area contributed by atoms with Crippen molar-refractivity contribution in [2.24, 2.45) is 0 Å². The van der Waals surface area contributed by atoms with Crippen LogP contribution in [0.2, 0.25) is 0 Å². The highest BCUT2D eigenvalue weighted by molar-refractivity contribution is 6.09. The summed E-state index contributed by atoms with van der Waals surface area (Å²) in [7, 11) is 1.63. The maximum Gasteiger partial charge on any atom is 0.255 e. The van der Waals surface area contributed by atoms with Gasteiger partial charge in [0.1, 0.15) is 5.75 Å². The monoisotopic (exact) mass is 426 g/mol. The Hall–Kier alpha value is -3.86. The number of amides is 1. The summed E-state index contributed by atoms with van der Waals surface area (Å²) < 4.78 is 5.37. The van der Waals surface area contributed by atoms with E-state index in [0.717, 1.165) is 23.4 Å². The van der Waals surface area contributed by atoms with Crippen molar-refractivity contribution in [3.05, 3.63) is 101 Å². The van der Waals surface area contributed by atoms with Crippen molar-refractivity contribution in [2.45, 2.75) is 25.8 Å². The van der Waals surface area contributed by atoms with Crippen LogP contribution in [0.15, 0.2) is 78.9 Å². The van der Waals surface area contributed by atoms with Crippen molar-refractivity contribution in [3.63, 3.8) is 0 Å². The first kappa shape index (κ1) is 21.4. The van der Waals surface area contributed by atoms with Crippen molar-refractivity contribution in [1.82, 2.24) is 5.32 Å². The van der Waals surface area contributed by atoms with Gasteiger partial charge in [-0.05, 0) is 74.4 Å². The van der Waals surface area contributed by atoms with E-state index in [4.69, 9.17) is 4.74 Å². The number of hydrogen-bond donors (Lipinski definition) is 2. The van der Waals surface area contributed by atoms with E-state index in [1.54, 1.807) is 49.6 Å². The molecule has 3 aromatic rings. The normalized spacial score (nSPS) is 15.4. The lowest BCUT2D eigenvalue weighted by atomic mass is 9.85. The van der Waals surface area contributed by atoms with E-state index in [0.29, 0.717) is 16.8 Å². The highest BCUT2D eigenvalue weighted by Crippen LogP contribution is 2.32. The van der Waals surface area contributed by atoms with Gasteiger partial charge in [-0.2, -0.15) is 0 Å². The Morgan fingerprint density at radius 1 is 0.969 bits per heavy atom. The van der Waals surface area contributed by atoms with Crippen LogP contribution in [-0.4, -0.2) is 24.3 Å². The molecule has 1 aliphatic rings. The molecule has 0 unspecified atom stereocenters. The van der Waals surface area contributed by atoms with Gasteiger partial charge >= 0.3 is 0 Å². The van der Waals surface area contributed by atoms with Crippen LogP contribution in [0.1, 0.15) is 45.7 Å². The molecule has 0 aliphatic carbocycles. The molecule has 0 atom stereocenters. The summed E-state index contributed by atoms with van der Waals surface area (Å²) in [4.78, 5) is 25.3. The average molecular weight is 427 g/mol. The molecule has 0 fully saturated rings. The van der Waals surface area contributed by atoms with Gasteiger partial charge in [0.15, 0.2) is 5.78 Å². The summed E-state index contributed by atoms with van der Waals surface area (Å²) in [5.41, 5.74) is 4.52. The van der Waals surface area contributed by atoms with Crippen molar-refractivity contribution in [2.75, 3.05) is 12.4 Å². The first-order valence-corrected chi connectivity index (χ1v) is 10.5. The minimum Gasteiger partial charge on any atom is -0.497 e. The van der Waals surface area contributed by atoms with Crippen molar-refractivity contribution >= 4 is 23.1 Å². The SMILES string of the molecule is COc1ccc2c(c1)C(=CC(=O)c1ccc(NC(=O)c3ccccc3)cc1)NC(C)(C)C2. The van der Waals surface area contributed by atoms with Gasteiger partial charge < -0.3 is 15.4 Å². The molecule has 1 aliphatic heterocycles. The summed E-state index contributed by atoms with van der Waals surface area (Å²) in [6, 6.07) is 21.9. The molecule has 0 saturated carbocycles. The maximum absolute atomic E-state index is 13.0. The Kier molecular flexibility index (Phi) is 5.82. The fourth-order valence-electron chi connectivity index (χ4n) is 3.88. The number of nitrogens with one attached hydrogen (secondary N) is 2. The van der Waals surface area contributed by atoms with Gasteiger partial charge in [0.25, 0.3) is 5.91 Å². The molecule has 0 radical (unpaired) electrons. The second kappa shape index (κ2) is 8.71. The summed E-state index contributed by atoms with van der Waals surface area (Å²) in [6.07, 6.45) is 2.49. The van der Waals surface area contributed by atoms with Gasteiger partial charge in [-0.25, -0.2) is 0 Å². The maximum atomic E-state index is 13.0. The lowest BCUT2D eigenvalue weighted by Crippen LogP contribution is -2.43. The quantitative estimate of drug-likeness (QED) is 0.440. The molecule has 5 heteroatoms. The summed E-state index contributed by atoms with van der Waals surface area (Å²) in [5.74, 6) is 0.452. The van der Waals surface area contributed by atoms with Gasteiger partial charge in [0.2, 0.25) is 0 Å². The molecule has 32 heavy (non-hydrogen) atoms. The molecule has 1 amide bonds. The van der Waals surface area contributed by atoms with E-state index >= 15 is 0 Å². The topological polar surface area (TPSA) is 67.4 Å². The van der Waals surface area contributed by atoms with Gasteiger partial charge in [0.05, 0.1) is 7.11 Å². The number of ketones is 1. The van der Waals surface area contributed by atoms with E-state index < -0.39 is 0 Å². The van der Waals surface area contributed by atoms with E-state index in [9.17, 15) is 9.59 Å². The minimum absolute atomic E-state index is 0.111. The van der Waals surface area contributed by atoms with Gasteiger partial charge in [-0.1, -0.05) is 24.3 Å². The number of fused-ring (bicyclic) bond motifs is 1. The number of allylic oxidation sites excluding steroid dienone is 1. The van der Waals surface area contributed by atoms with E-state index in [-0.39, 0.29) is 17.2 Å². The molecular formula is C27H26N2O3. The molecule has 0 aromatic heterocycles. The average Bonchev–Trinajstić information content (AvgIpc) is 2.79. The van der Waals surface area contributed by atoms with Crippen LogP contribution in [0.5, 0.6) is 5.75 Å². The van der Waals surface area contributed by atoms with Crippen molar-refractivity contribution < 1.29 is 14.3 Å². The molecule has 2 N–H and O–H groups in total. The summed E-state index contributed by atoms with van der Waals surface area (Å²) >= 11 is 0. The third-order valence-electron chi connectivity index (χ3n) is 5.45. The van der Waals surface area contributed by atoms with Gasteiger partial charge in [-0.15, -0.1) is 0 Å². The van der Waals surface area contributed by atoms with Gasteiger partial charge in [-0.3, -0.25) is 9.59 Å². The largest absolute Gasteiger partial charge is 0.497 e. The molecule has 0 bridgehead atoms. The molecule has 0 saturated heterocycles. The van der Waals surface area contributed by atoms with E-state index in [1.807, 2.05) is 30.3 Å². The zero-order valence-corrected chi connectivity index (χ0v) is 18.4. The van der Waals surface area contributed by atoms with Crippen LogP contribution in [0.25, 0.3) is 5.70 Å². The molecule has 3 aromatic carbocycles. The number of anilines is 1.